The van der Waals surface area contributed by atoms with Gasteiger partial charge in [0.1, 0.15) is 16.4 Å². The lowest BCUT2D eigenvalue weighted by Gasteiger charge is -2.15. The van der Waals surface area contributed by atoms with E-state index in [0.29, 0.717) is 34.9 Å². The zero-order chi connectivity index (χ0) is 17.7. The number of benzene rings is 2. The number of halogens is 1. The zero-order valence-corrected chi connectivity index (χ0v) is 16.2. The van der Waals surface area contributed by atoms with Gasteiger partial charge in [-0.2, -0.15) is 0 Å². The minimum absolute atomic E-state index is 0.0898. The van der Waals surface area contributed by atoms with E-state index in [4.69, 9.17) is 9.47 Å². The van der Waals surface area contributed by atoms with Gasteiger partial charge in [-0.3, -0.25) is 4.72 Å². The van der Waals surface area contributed by atoms with Crippen molar-refractivity contribution in [2.75, 3.05) is 17.9 Å². The van der Waals surface area contributed by atoms with Crippen LogP contribution in [0, 0.1) is 6.92 Å². The Morgan fingerprint density at radius 1 is 1.04 bits per heavy atom. The average molecular weight is 414 g/mol. The molecule has 0 bridgehead atoms. The Bertz CT molecular complexity index is 821. The Balaban J connectivity index is 2.37. The number of hydrogen-bond donors (Lipinski definition) is 1. The van der Waals surface area contributed by atoms with Crippen molar-refractivity contribution < 1.29 is 17.9 Å². The van der Waals surface area contributed by atoms with Gasteiger partial charge in [0.25, 0.3) is 10.0 Å². The van der Waals surface area contributed by atoms with E-state index in [-0.39, 0.29) is 4.90 Å². The second kappa shape index (κ2) is 7.90. The van der Waals surface area contributed by atoms with Crippen molar-refractivity contribution >= 4 is 31.6 Å². The maximum atomic E-state index is 12.8. The molecule has 24 heavy (non-hydrogen) atoms. The molecular weight excluding hydrogens is 394 g/mol. The SMILES string of the molecule is CCOc1ccc(NS(=O)(=O)c2cc(Br)ccc2OCC)c(C)c1. The minimum atomic E-state index is -3.78. The fourth-order valence-electron chi connectivity index (χ4n) is 2.17. The highest BCUT2D eigenvalue weighted by molar-refractivity contribution is 9.10. The van der Waals surface area contributed by atoms with Crippen LogP contribution in [0.4, 0.5) is 5.69 Å². The van der Waals surface area contributed by atoms with E-state index >= 15 is 0 Å². The smallest absolute Gasteiger partial charge is 0.265 e. The van der Waals surface area contributed by atoms with E-state index in [2.05, 4.69) is 20.7 Å². The van der Waals surface area contributed by atoms with Crippen LogP contribution < -0.4 is 14.2 Å². The molecule has 2 aromatic rings. The molecule has 0 aromatic heterocycles. The number of ether oxygens (including phenoxy) is 2. The topological polar surface area (TPSA) is 64.6 Å². The van der Waals surface area contributed by atoms with Gasteiger partial charge in [-0.15, -0.1) is 0 Å². The number of hydrogen-bond acceptors (Lipinski definition) is 4. The molecular formula is C17H20BrNO4S. The van der Waals surface area contributed by atoms with Crippen LogP contribution in [0.15, 0.2) is 45.8 Å². The summed E-state index contributed by atoms with van der Waals surface area (Å²) < 4.78 is 39.7. The summed E-state index contributed by atoms with van der Waals surface area (Å²) in [6.07, 6.45) is 0. The van der Waals surface area contributed by atoms with Gasteiger partial charge in [-0.1, -0.05) is 15.9 Å². The Morgan fingerprint density at radius 2 is 1.75 bits per heavy atom. The second-order valence-electron chi connectivity index (χ2n) is 5.04. The normalized spacial score (nSPS) is 11.2. The van der Waals surface area contributed by atoms with Crippen molar-refractivity contribution in [2.24, 2.45) is 0 Å². The molecule has 0 saturated carbocycles. The van der Waals surface area contributed by atoms with E-state index in [9.17, 15) is 8.42 Å². The third-order valence-electron chi connectivity index (χ3n) is 3.25. The van der Waals surface area contributed by atoms with Crippen molar-refractivity contribution in [2.45, 2.75) is 25.7 Å². The fourth-order valence-corrected chi connectivity index (χ4v) is 3.99. The molecule has 2 rings (SSSR count). The molecule has 0 spiro atoms. The molecule has 0 saturated heterocycles. The lowest BCUT2D eigenvalue weighted by atomic mass is 10.2. The molecule has 0 atom stereocenters. The molecule has 0 aliphatic heterocycles. The van der Waals surface area contributed by atoms with Crippen LogP contribution in [-0.2, 0) is 10.0 Å². The molecule has 0 amide bonds. The molecule has 1 N–H and O–H groups in total. The third kappa shape index (κ3) is 4.42. The number of anilines is 1. The summed E-state index contributed by atoms with van der Waals surface area (Å²) in [4.78, 5) is 0.0898. The van der Waals surface area contributed by atoms with Crippen LogP contribution in [0.5, 0.6) is 11.5 Å². The molecule has 0 aliphatic carbocycles. The lowest BCUT2D eigenvalue weighted by Crippen LogP contribution is -2.15. The quantitative estimate of drug-likeness (QED) is 0.732. The summed E-state index contributed by atoms with van der Waals surface area (Å²) in [5, 5.41) is 0. The first-order valence-corrected chi connectivity index (χ1v) is 9.83. The molecule has 0 fully saturated rings. The first kappa shape index (κ1) is 18.6. The molecule has 0 aliphatic rings. The zero-order valence-electron chi connectivity index (χ0n) is 13.8. The van der Waals surface area contributed by atoms with Gasteiger partial charge in [-0.05, 0) is 62.7 Å². The monoisotopic (exact) mass is 413 g/mol. The van der Waals surface area contributed by atoms with Crippen LogP contribution in [0.3, 0.4) is 0 Å². The van der Waals surface area contributed by atoms with E-state index in [1.54, 1.807) is 30.3 Å². The summed E-state index contributed by atoms with van der Waals surface area (Å²) >= 11 is 3.30. The van der Waals surface area contributed by atoms with Gasteiger partial charge < -0.3 is 9.47 Å². The van der Waals surface area contributed by atoms with Crippen LogP contribution in [0.2, 0.25) is 0 Å². The number of rotatable bonds is 7. The predicted octanol–water partition coefficient (Wildman–Crippen LogP) is 4.36. The van der Waals surface area contributed by atoms with Crippen molar-refractivity contribution in [3.63, 3.8) is 0 Å². The van der Waals surface area contributed by atoms with Gasteiger partial charge >= 0.3 is 0 Å². The number of aryl methyl sites for hydroxylation is 1. The van der Waals surface area contributed by atoms with Crippen LogP contribution >= 0.6 is 15.9 Å². The Morgan fingerprint density at radius 3 is 2.38 bits per heavy atom. The lowest BCUT2D eigenvalue weighted by molar-refractivity contribution is 0.331. The highest BCUT2D eigenvalue weighted by atomic mass is 79.9. The van der Waals surface area contributed by atoms with Gasteiger partial charge in [0.05, 0.1) is 18.9 Å². The third-order valence-corrected chi connectivity index (χ3v) is 5.13. The maximum absolute atomic E-state index is 12.8. The Kier molecular flexibility index (Phi) is 6.12. The Hall–Kier alpha value is -1.73. The van der Waals surface area contributed by atoms with Crippen molar-refractivity contribution in [1.29, 1.82) is 0 Å². The molecule has 0 radical (unpaired) electrons. The molecule has 5 nitrogen and oxygen atoms in total. The van der Waals surface area contributed by atoms with Crippen LogP contribution in [0.1, 0.15) is 19.4 Å². The Labute approximate surface area is 151 Å². The summed E-state index contributed by atoms with van der Waals surface area (Å²) in [5.41, 5.74) is 1.28. The molecule has 130 valence electrons. The van der Waals surface area contributed by atoms with Crippen molar-refractivity contribution in [1.82, 2.24) is 0 Å². The average Bonchev–Trinajstić information content (AvgIpc) is 2.52. The number of nitrogens with one attached hydrogen (secondary N) is 1. The largest absolute Gasteiger partial charge is 0.494 e. The van der Waals surface area contributed by atoms with Gasteiger partial charge in [0, 0.05) is 4.47 Å². The highest BCUT2D eigenvalue weighted by Crippen LogP contribution is 2.30. The maximum Gasteiger partial charge on any atom is 0.265 e. The standard InChI is InChI=1S/C17H20BrNO4S/c1-4-22-14-7-8-15(12(3)10-14)19-24(20,21)17-11-13(18)6-9-16(17)23-5-2/h6-11,19H,4-5H2,1-3H3. The first-order valence-electron chi connectivity index (χ1n) is 7.56. The predicted molar refractivity (Wildman–Crippen MR) is 98.5 cm³/mol. The molecule has 0 heterocycles. The van der Waals surface area contributed by atoms with Crippen molar-refractivity contribution in [3.8, 4) is 11.5 Å². The summed E-state index contributed by atoms with van der Waals surface area (Å²) in [7, 11) is -3.78. The highest BCUT2D eigenvalue weighted by Gasteiger charge is 2.21. The molecule has 7 heteroatoms. The van der Waals surface area contributed by atoms with E-state index < -0.39 is 10.0 Å². The van der Waals surface area contributed by atoms with E-state index in [0.717, 1.165) is 5.56 Å². The molecule has 0 unspecified atom stereocenters. The van der Waals surface area contributed by atoms with E-state index in [1.165, 1.54) is 6.07 Å². The second-order valence-corrected chi connectivity index (χ2v) is 7.61. The van der Waals surface area contributed by atoms with Gasteiger partial charge in [0.15, 0.2) is 0 Å². The molecule has 2 aromatic carbocycles. The summed E-state index contributed by atoms with van der Waals surface area (Å²) in [6, 6.07) is 10.1. The van der Waals surface area contributed by atoms with Crippen LogP contribution in [-0.4, -0.2) is 21.6 Å². The van der Waals surface area contributed by atoms with Crippen LogP contribution in [0.25, 0.3) is 0 Å². The van der Waals surface area contributed by atoms with Gasteiger partial charge in [0.2, 0.25) is 0 Å². The minimum Gasteiger partial charge on any atom is -0.494 e. The van der Waals surface area contributed by atoms with E-state index in [1.807, 2.05) is 20.8 Å². The first-order chi connectivity index (χ1) is 11.4. The summed E-state index contributed by atoms with van der Waals surface area (Å²) in [5.74, 6) is 1.02. The van der Waals surface area contributed by atoms with Crippen molar-refractivity contribution in [3.05, 3.63) is 46.4 Å². The van der Waals surface area contributed by atoms with Gasteiger partial charge in [-0.25, -0.2) is 8.42 Å². The summed E-state index contributed by atoms with van der Waals surface area (Å²) in [6.45, 7) is 6.47. The number of sulfonamides is 1. The fraction of sp³-hybridized carbons (Fsp3) is 0.294.